The molecule has 4 heterocycles. The Balaban J connectivity index is 1.39. The van der Waals surface area contributed by atoms with E-state index in [1.807, 2.05) is 0 Å². The van der Waals surface area contributed by atoms with Gasteiger partial charge in [0.05, 0.1) is 17.9 Å². The van der Waals surface area contributed by atoms with Crippen LogP contribution in [0.4, 0.5) is 4.39 Å². The molecule has 30 heavy (non-hydrogen) atoms. The SMILES string of the molecule is O=C(c1ccc(Oc2cc(O)cc(-c3nc4ncc(F)cc4[nH]3)c2)cn1)N1CCC1. The van der Waals surface area contributed by atoms with Crippen LogP contribution in [0.15, 0.2) is 48.8 Å². The molecule has 0 aliphatic carbocycles. The summed E-state index contributed by atoms with van der Waals surface area (Å²) in [5.41, 5.74) is 1.72. The van der Waals surface area contributed by atoms with Crippen LogP contribution in [0, 0.1) is 5.82 Å². The lowest BCUT2D eigenvalue weighted by Crippen LogP contribution is -2.42. The van der Waals surface area contributed by atoms with Crippen molar-refractivity contribution in [2.24, 2.45) is 0 Å². The molecule has 5 rings (SSSR count). The van der Waals surface area contributed by atoms with E-state index in [2.05, 4.69) is 19.9 Å². The first-order valence-corrected chi connectivity index (χ1v) is 9.34. The Morgan fingerprint density at radius 2 is 1.97 bits per heavy atom. The first-order valence-electron chi connectivity index (χ1n) is 9.34. The van der Waals surface area contributed by atoms with Crippen LogP contribution >= 0.6 is 0 Å². The Bertz CT molecular complexity index is 1250. The highest BCUT2D eigenvalue weighted by atomic mass is 19.1. The molecule has 9 heteroatoms. The second-order valence-corrected chi connectivity index (χ2v) is 6.95. The van der Waals surface area contributed by atoms with Crippen LogP contribution in [0.2, 0.25) is 0 Å². The number of imidazole rings is 1. The number of rotatable bonds is 4. The van der Waals surface area contributed by atoms with Gasteiger partial charge >= 0.3 is 0 Å². The number of pyridine rings is 2. The predicted octanol–water partition coefficient (Wildman–Crippen LogP) is 3.50. The van der Waals surface area contributed by atoms with Crippen molar-refractivity contribution in [3.05, 3.63) is 60.3 Å². The molecule has 0 unspecified atom stereocenters. The number of hydrogen-bond donors (Lipinski definition) is 2. The topological polar surface area (TPSA) is 104 Å². The number of ether oxygens (including phenoxy) is 1. The molecule has 0 spiro atoms. The first kappa shape index (κ1) is 18.0. The molecule has 1 saturated heterocycles. The fourth-order valence-electron chi connectivity index (χ4n) is 3.17. The quantitative estimate of drug-likeness (QED) is 0.539. The summed E-state index contributed by atoms with van der Waals surface area (Å²) in [6.07, 6.45) is 3.57. The zero-order chi connectivity index (χ0) is 20.7. The minimum atomic E-state index is -0.471. The molecular formula is C21H16FN5O3. The third-order valence-corrected chi connectivity index (χ3v) is 4.80. The standard InChI is InChI=1S/C21H16FN5O3/c22-13-8-18-20(24-10-13)26-19(25-18)12-6-14(28)9-16(7-12)30-15-2-3-17(23-11-15)21(29)27-4-1-5-27/h2-3,6-11,28H,1,4-5H2,(H,24,25,26). The Morgan fingerprint density at radius 1 is 1.10 bits per heavy atom. The largest absolute Gasteiger partial charge is 0.508 e. The van der Waals surface area contributed by atoms with Crippen LogP contribution in [0.5, 0.6) is 17.2 Å². The van der Waals surface area contributed by atoms with Gasteiger partial charge in [0.15, 0.2) is 5.65 Å². The molecule has 1 aromatic carbocycles. The van der Waals surface area contributed by atoms with E-state index in [0.717, 1.165) is 25.7 Å². The van der Waals surface area contributed by atoms with E-state index < -0.39 is 5.82 Å². The van der Waals surface area contributed by atoms with Gasteiger partial charge in [-0.05, 0) is 30.7 Å². The zero-order valence-corrected chi connectivity index (χ0v) is 15.7. The molecular weight excluding hydrogens is 389 g/mol. The van der Waals surface area contributed by atoms with Crippen LogP contribution in [0.1, 0.15) is 16.9 Å². The maximum absolute atomic E-state index is 13.4. The highest BCUT2D eigenvalue weighted by Gasteiger charge is 2.22. The van der Waals surface area contributed by atoms with Crippen LogP contribution < -0.4 is 4.74 Å². The van der Waals surface area contributed by atoms with E-state index in [0.29, 0.717) is 39.7 Å². The number of fused-ring (bicyclic) bond motifs is 1. The van der Waals surface area contributed by atoms with Crippen molar-refractivity contribution >= 4 is 17.1 Å². The van der Waals surface area contributed by atoms with Gasteiger partial charge in [0, 0.05) is 30.8 Å². The third kappa shape index (κ3) is 3.41. The fraction of sp³-hybridized carbons (Fsp3) is 0.143. The number of aromatic nitrogens is 4. The van der Waals surface area contributed by atoms with Crippen molar-refractivity contribution in [3.8, 4) is 28.6 Å². The molecule has 0 saturated carbocycles. The van der Waals surface area contributed by atoms with Gasteiger partial charge in [-0.25, -0.2) is 19.3 Å². The molecule has 0 bridgehead atoms. The lowest BCUT2D eigenvalue weighted by molar-refractivity contribution is 0.0645. The fourth-order valence-corrected chi connectivity index (χ4v) is 3.17. The number of H-pyrrole nitrogens is 1. The Morgan fingerprint density at radius 3 is 2.70 bits per heavy atom. The minimum absolute atomic E-state index is 0.0281. The number of amides is 1. The molecule has 8 nitrogen and oxygen atoms in total. The van der Waals surface area contributed by atoms with Crippen molar-refractivity contribution in [1.82, 2.24) is 24.8 Å². The van der Waals surface area contributed by atoms with Crippen molar-refractivity contribution in [1.29, 1.82) is 0 Å². The molecule has 0 atom stereocenters. The first-order chi connectivity index (χ1) is 14.5. The van der Waals surface area contributed by atoms with Crippen molar-refractivity contribution in [2.75, 3.05) is 13.1 Å². The molecule has 3 aromatic heterocycles. The van der Waals surface area contributed by atoms with E-state index in [1.54, 1.807) is 23.1 Å². The summed E-state index contributed by atoms with van der Waals surface area (Å²) in [6.45, 7) is 1.52. The van der Waals surface area contributed by atoms with Gasteiger partial charge in [0.2, 0.25) is 0 Å². The lowest BCUT2D eigenvalue weighted by atomic mass is 10.2. The summed E-state index contributed by atoms with van der Waals surface area (Å²) in [5.74, 6) is 0.592. The van der Waals surface area contributed by atoms with E-state index in [1.165, 1.54) is 24.4 Å². The number of nitrogens with zero attached hydrogens (tertiary/aromatic N) is 4. The summed E-state index contributed by atoms with van der Waals surface area (Å²) in [4.78, 5) is 29.3. The number of carbonyl (C=O) groups is 1. The van der Waals surface area contributed by atoms with Gasteiger partial charge in [-0.1, -0.05) is 0 Å². The molecule has 2 N–H and O–H groups in total. The van der Waals surface area contributed by atoms with Crippen molar-refractivity contribution in [3.63, 3.8) is 0 Å². The van der Waals surface area contributed by atoms with E-state index in [-0.39, 0.29) is 11.7 Å². The minimum Gasteiger partial charge on any atom is -0.508 e. The van der Waals surface area contributed by atoms with Gasteiger partial charge in [-0.2, -0.15) is 0 Å². The number of hydrogen-bond acceptors (Lipinski definition) is 6. The van der Waals surface area contributed by atoms with Crippen molar-refractivity contribution < 1.29 is 19.0 Å². The Kier molecular flexibility index (Phi) is 4.27. The number of aromatic amines is 1. The number of likely N-dealkylation sites (tertiary alicyclic amines) is 1. The maximum atomic E-state index is 13.4. The monoisotopic (exact) mass is 405 g/mol. The smallest absolute Gasteiger partial charge is 0.272 e. The molecule has 1 aliphatic rings. The van der Waals surface area contributed by atoms with Gasteiger partial charge in [0.25, 0.3) is 5.91 Å². The molecule has 4 aromatic rings. The number of phenolic OH excluding ortho intramolecular Hbond substituents is 1. The number of phenols is 1. The Labute approximate surface area is 170 Å². The summed E-state index contributed by atoms with van der Waals surface area (Å²) < 4.78 is 19.2. The van der Waals surface area contributed by atoms with Gasteiger partial charge in [-0.15, -0.1) is 0 Å². The van der Waals surface area contributed by atoms with Gasteiger partial charge < -0.3 is 19.7 Å². The number of carbonyl (C=O) groups excluding carboxylic acids is 1. The summed E-state index contributed by atoms with van der Waals surface area (Å²) in [6, 6.07) is 9.19. The Hall–Kier alpha value is -4.01. The second-order valence-electron chi connectivity index (χ2n) is 6.95. The second kappa shape index (κ2) is 7.11. The summed E-state index contributed by atoms with van der Waals surface area (Å²) in [5, 5.41) is 10.1. The molecule has 1 aliphatic heterocycles. The molecule has 0 radical (unpaired) electrons. The van der Waals surface area contributed by atoms with E-state index in [9.17, 15) is 14.3 Å². The van der Waals surface area contributed by atoms with Crippen molar-refractivity contribution in [2.45, 2.75) is 6.42 Å². The number of halogens is 1. The normalized spacial score (nSPS) is 13.3. The molecule has 150 valence electrons. The summed E-state index contributed by atoms with van der Waals surface area (Å²) >= 11 is 0. The maximum Gasteiger partial charge on any atom is 0.272 e. The number of benzene rings is 1. The van der Waals surface area contributed by atoms with Crippen LogP contribution in [-0.4, -0.2) is 48.9 Å². The van der Waals surface area contributed by atoms with Gasteiger partial charge in [-0.3, -0.25) is 4.79 Å². The predicted molar refractivity (Wildman–Crippen MR) is 106 cm³/mol. The molecule has 1 fully saturated rings. The third-order valence-electron chi connectivity index (χ3n) is 4.80. The number of aromatic hydroxyl groups is 1. The lowest BCUT2D eigenvalue weighted by Gasteiger charge is -2.30. The average Bonchev–Trinajstić information content (AvgIpc) is 3.10. The van der Waals surface area contributed by atoms with E-state index in [4.69, 9.17) is 4.74 Å². The summed E-state index contributed by atoms with van der Waals surface area (Å²) in [7, 11) is 0. The average molecular weight is 405 g/mol. The van der Waals surface area contributed by atoms with Gasteiger partial charge in [0.1, 0.15) is 34.6 Å². The highest BCUT2D eigenvalue weighted by Crippen LogP contribution is 2.31. The van der Waals surface area contributed by atoms with Crippen LogP contribution in [0.3, 0.4) is 0 Å². The van der Waals surface area contributed by atoms with E-state index >= 15 is 0 Å². The van der Waals surface area contributed by atoms with Crippen LogP contribution in [-0.2, 0) is 0 Å². The zero-order valence-electron chi connectivity index (χ0n) is 15.7. The highest BCUT2D eigenvalue weighted by molar-refractivity contribution is 5.92. The number of nitrogens with one attached hydrogen (secondary N) is 1. The van der Waals surface area contributed by atoms with Crippen LogP contribution in [0.25, 0.3) is 22.6 Å². The molecule has 1 amide bonds.